The SMILES string of the molecule is CC(Oc1ccc(C(C)(C)C)cc1)C(=O)Oc1ccc(-n2cnnn2)cc1. The van der Waals surface area contributed by atoms with E-state index >= 15 is 0 Å². The van der Waals surface area contributed by atoms with Crippen LogP contribution < -0.4 is 9.47 Å². The van der Waals surface area contributed by atoms with Gasteiger partial charge < -0.3 is 9.47 Å². The zero-order chi connectivity index (χ0) is 19.4. The normalized spacial score (nSPS) is 12.4. The number of ether oxygens (including phenoxy) is 2. The Balaban J connectivity index is 1.59. The number of hydrogen-bond donors (Lipinski definition) is 0. The van der Waals surface area contributed by atoms with Gasteiger partial charge in [-0.25, -0.2) is 9.48 Å². The summed E-state index contributed by atoms with van der Waals surface area (Å²) < 4.78 is 12.6. The van der Waals surface area contributed by atoms with Gasteiger partial charge in [0.1, 0.15) is 17.8 Å². The van der Waals surface area contributed by atoms with Crippen LogP contribution in [-0.4, -0.2) is 32.3 Å². The highest BCUT2D eigenvalue weighted by molar-refractivity contribution is 5.77. The number of benzene rings is 2. The molecule has 0 saturated carbocycles. The summed E-state index contributed by atoms with van der Waals surface area (Å²) in [4.78, 5) is 12.3. The maximum Gasteiger partial charge on any atom is 0.352 e. The van der Waals surface area contributed by atoms with E-state index in [1.807, 2.05) is 24.3 Å². The van der Waals surface area contributed by atoms with Crippen molar-refractivity contribution in [2.24, 2.45) is 0 Å². The standard InChI is InChI=1S/C20H22N4O3/c1-14(26-17-9-5-15(6-10-17)20(2,3)4)19(25)27-18-11-7-16(8-12-18)24-13-21-22-23-24/h5-14H,1-4H3. The van der Waals surface area contributed by atoms with Crippen molar-refractivity contribution in [1.29, 1.82) is 0 Å². The summed E-state index contributed by atoms with van der Waals surface area (Å²) in [5.41, 5.74) is 2.04. The number of aromatic nitrogens is 4. The average Bonchev–Trinajstić information content (AvgIpc) is 3.16. The number of nitrogens with zero attached hydrogens (tertiary/aromatic N) is 4. The lowest BCUT2D eigenvalue weighted by atomic mass is 9.87. The topological polar surface area (TPSA) is 79.1 Å². The number of tetrazole rings is 1. The van der Waals surface area contributed by atoms with Gasteiger partial charge in [0.25, 0.3) is 0 Å². The minimum atomic E-state index is -0.732. The van der Waals surface area contributed by atoms with Crippen LogP contribution in [0.15, 0.2) is 54.9 Å². The molecule has 0 bridgehead atoms. The Morgan fingerprint density at radius 1 is 1.00 bits per heavy atom. The predicted molar refractivity (Wildman–Crippen MR) is 100 cm³/mol. The molecule has 27 heavy (non-hydrogen) atoms. The van der Waals surface area contributed by atoms with Crippen LogP contribution in [0.4, 0.5) is 0 Å². The molecule has 7 heteroatoms. The molecule has 0 aliphatic heterocycles. The number of carbonyl (C=O) groups excluding carboxylic acids is 1. The van der Waals surface area contributed by atoms with E-state index in [0.29, 0.717) is 11.5 Å². The van der Waals surface area contributed by atoms with Crippen molar-refractivity contribution in [3.8, 4) is 17.2 Å². The van der Waals surface area contributed by atoms with Crippen LogP contribution in [0.2, 0.25) is 0 Å². The summed E-state index contributed by atoms with van der Waals surface area (Å²) in [7, 11) is 0. The molecule has 1 unspecified atom stereocenters. The van der Waals surface area contributed by atoms with Crippen molar-refractivity contribution >= 4 is 5.97 Å². The van der Waals surface area contributed by atoms with Crippen molar-refractivity contribution in [3.05, 3.63) is 60.4 Å². The van der Waals surface area contributed by atoms with Crippen LogP contribution in [0.1, 0.15) is 33.3 Å². The monoisotopic (exact) mass is 366 g/mol. The third-order valence-corrected chi connectivity index (χ3v) is 4.03. The first-order valence-electron chi connectivity index (χ1n) is 8.65. The van der Waals surface area contributed by atoms with Crippen LogP contribution in [0.5, 0.6) is 11.5 Å². The van der Waals surface area contributed by atoms with Gasteiger partial charge in [0.15, 0.2) is 6.10 Å². The maximum atomic E-state index is 12.3. The van der Waals surface area contributed by atoms with Crippen molar-refractivity contribution < 1.29 is 14.3 Å². The number of carbonyl (C=O) groups is 1. The predicted octanol–water partition coefficient (Wildman–Crippen LogP) is 3.33. The molecule has 1 aromatic heterocycles. The first-order valence-corrected chi connectivity index (χ1v) is 8.65. The van der Waals surface area contributed by atoms with E-state index in [1.54, 1.807) is 31.2 Å². The molecule has 1 heterocycles. The number of esters is 1. The summed E-state index contributed by atoms with van der Waals surface area (Å²) >= 11 is 0. The summed E-state index contributed by atoms with van der Waals surface area (Å²) in [5.74, 6) is 0.585. The highest BCUT2D eigenvalue weighted by Gasteiger charge is 2.18. The maximum absolute atomic E-state index is 12.3. The zero-order valence-corrected chi connectivity index (χ0v) is 15.8. The van der Waals surface area contributed by atoms with Crippen molar-refractivity contribution in [2.45, 2.75) is 39.2 Å². The third-order valence-electron chi connectivity index (χ3n) is 4.03. The Labute approximate surface area is 157 Å². The first kappa shape index (κ1) is 18.6. The molecule has 1 atom stereocenters. The summed E-state index contributed by atoms with van der Waals surface area (Å²) in [6.07, 6.45) is 0.756. The van der Waals surface area contributed by atoms with Crippen LogP contribution in [0.3, 0.4) is 0 Å². The van der Waals surface area contributed by atoms with Gasteiger partial charge in [0.05, 0.1) is 5.69 Å². The van der Waals surface area contributed by atoms with E-state index in [-0.39, 0.29) is 5.41 Å². The summed E-state index contributed by atoms with van der Waals surface area (Å²) in [6, 6.07) is 14.6. The molecule has 0 radical (unpaired) electrons. The highest BCUT2D eigenvalue weighted by Crippen LogP contribution is 2.25. The van der Waals surface area contributed by atoms with Gasteiger partial charge >= 0.3 is 5.97 Å². The van der Waals surface area contributed by atoms with E-state index in [9.17, 15) is 4.79 Å². The van der Waals surface area contributed by atoms with E-state index in [2.05, 4.69) is 36.3 Å². The molecule has 140 valence electrons. The van der Waals surface area contributed by atoms with Crippen molar-refractivity contribution in [2.75, 3.05) is 0 Å². The molecule has 7 nitrogen and oxygen atoms in total. The van der Waals surface area contributed by atoms with E-state index in [0.717, 1.165) is 5.69 Å². The van der Waals surface area contributed by atoms with Gasteiger partial charge in [-0.15, -0.1) is 5.10 Å². The summed E-state index contributed by atoms with van der Waals surface area (Å²) in [6.45, 7) is 8.10. The first-order chi connectivity index (χ1) is 12.8. The van der Waals surface area contributed by atoms with Gasteiger partial charge in [-0.1, -0.05) is 32.9 Å². The molecular formula is C20H22N4O3. The lowest BCUT2D eigenvalue weighted by Gasteiger charge is -2.20. The molecule has 0 amide bonds. The minimum Gasteiger partial charge on any atom is -0.479 e. The van der Waals surface area contributed by atoms with Gasteiger partial charge in [-0.3, -0.25) is 0 Å². The second kappa shape index (κ2) is 7.57. The Bertz CT molecular complexity index is 882. The Morgan fingerprint density at radius 2 is 1.63 bits per heavy atom. The van der Waals surface area contributed by atoms with E-state index < -0.39 is 12.1 Å². The highest BCUT2D eigenvalue weighted by atomic mass is 16.6. The van der Waals surface area contributed by atoms with Gasteiger partial charge in [-0.2, -0.15) is 0 Å². The van der Waals surface area contributed by atoms with Crippen molar-refractivity contribution in [1.82, 2.24) is 20.2 Å². The fourth-order valence-electron chi connectivity index (χ4n) is 2.43. The van der Waals surface area contributed by atoms with Crippen LogP contribution in [0.25, 0.3) is 5.69 Å². The fraction of sp³-hybridized carbons (Fsp3) is 0.300. The van der Waals surface area contributed by atoms with Crippen LogP contribution >= 0.6 is 0 Å². The molecule has 3 aromatic rings. The molecule has 2 aromatic carbocycles. The minimum absolute atomic E-state index is 0.0670. The van der Waals surface area contributed by atoms with E-state index in [4.69, 9.17) is 9.47 Å². The Kier molecular flexibility index (Phi) is 5.21. The number of rotatable bonds is 5. The molecule has 0 aliphatic rings. The van der Waals surface area contributed by atoms with Gasteiger partial charge in [-0.05, 0) is 64.7 Å². The lowest BCUT2D eigenvalue weighted by molar-refractivity contribution is -0.141. The van der Waals surface area contributed by atoms with Gasteiger partial charge in [0.2, 0.25) is 0 Å². The molecule has 0 aliphatic carbocycles. The molecule has 0 saturated heterocycles. The third kappa shape index (κ3) is 4.69. The molecule has 3 rings (SSSR count). The van der Waals surface area contributed by atoms with Crippen molar-refractivity contribution in [3.63, 3.8) is 0 Å². The second-order valence-electron chi connectivity index (χ2n) is 7.20. The van der Waals surface area contributed by atoms with Crippen LogP contribution in [0, 0.1) is 0 Å². The van der Waals surface area contributed by atoms with E-state index in [1.165, 1.54) is 16.6 Å². The van der Waals surface area contributed by atoms with Gasteiger partial charge in [0, 0.05) is 0 Å². The molecule has 0 N–H and O–H groups in total. The van der Waals surface area contributed by atoms with Crippen LogP contribution in [-0.2, 0) is 10.2 Å². The Hall–Kier alpha value is -3.22. The molecular weight excluding hydrogens is 344 g/mol. The summed E-state index contributed by atoms with van der Waals surface area (Å²) in [5, 5.41) is 11.0. The fourth-order valence-corrected chi connectivity index (χ4v) is 2.43. The molecule has 0 spiro atoms. The lowest BCUT2D eigenvalue weighted by Crippen LogP contribution is -2.28. The zero-order valence-electron chi connectivity index (χ0n) is 15.8. The smallest absolute Gasteiger partial charge is 0.352 e. The largest absolute Gasteiger partial charge is 0.479 e. The molecule has 0 fully saturated rings. The second-order valence-corrected chi connectivity index (χ2v) is 7.20. The average molecular weight is 366 g/mol. The number of hydrogen-bond acceptors (Lipinski definition) is 6. The Morgan fingerprint density at radius 3 is 2.19 bits per heavy atom. The quantitative estimate of drug-likeness (QED) is 0.509.